The Kier molecular flexibility index (Phi) is 5.22. The molecule has 0 aliphatic heterocycles. The van der Waals surface area contributed by atoms with E-state index in [9.17, 15) is 0 Å². The summed E-state index contributed by atoms with van der Waals surface area (Å²) in [6, 6.07) is 5.92. The summed E-state index contributed by atoms with van der Waals surface area (Å²) < 4.78 is 12.9. The summed E-state index contributed by atoms with van der Waals surface area (Å²) >= 11 is 0. The second-order valence-electron chi connectivity index (χ2n) is 4.84. The third-order valence-corrected chi connectivity index (χ3v) is 3.47. The number of benzene rings is 1. The number of nitrogens with zero attached hydrogens (tertiary/aromatic N) is 2. The molecule has 1 unspecified atom stereocenters. The molecule has 21 heavy (non-hydrogen) atoms. The number of rotatable bonds is 7. The molecule has 0 fully saturated rings. The molecule has 1 aromatic carbocycles. The van der Waals surface area contributed by atoms with Gasteiger partial charge in [0.1, 0.15) is 0 Å². The largest absolute Gasteiger partial charge is 0.493 e. The van der Waals surface area contributed by atoms with Crippen molar-refractivity contribution in [3.05, 3.63) is 41.7 Å². The van der Waals surface area contributed by atoms with Gasteiger partial charge >= 0.3 is 0 Å². The van der Waals surface area contributed by atoms with Crippen molar-refractivity contribution in [2.24, 2.45) is 0 Å². The quantitative estimate of drug-likeness (QED) is 0.851. The summed E-state index contributed by atoms with van der Waals surface area (Å²) in [6.45, 7) is 3.06. The summed E-state index contributed by atoms with van der Waals surface area (Å²) in [6.07, 6.45) is 5.03. The highest BCUT2D eigenvalue weighted by molar-refractivity contribution is 5.50. The number of hydrogen-bond acceptors (Lipinski definition) is 4. The predicted molar refractivity (Wildman–Crippen MR) is 83.0 cm³/mol. The molecule has 5 nitrogen and oxygen atoms in total. The van der Waals surface area contributed by atoms with Crippen LogP contribution >= 0.6 is 0 Å². The number of methoxy groups -OCH3 is 2. The predicted octanol–water partition coefficient (Wildman–Crippen LogP) is 2.62. The molecular weight excluding hydrogens is 266 g/mol. The van der Waals surface area contributed by atoms with E-state index in [0.717, 1.165) is 35.6 Å². The maximum absolute atomic E-state index is 5.53. The summed E-state index contributed by atoms with van der Waals surface area (Å²) in [4.78, 5) is 0. The van der Waals surface area contributed by atoms with Gasteiger partial charge in [-0.05, 0) is 19.5 Å². The van der Waals surface area contributed by atoms with Gasteiger partial charge in [0.25, 0.3) is 0 Å². The average Bonchev–Trinajstić information content (AvgIpc) is 2.96. The van der Waals surface area contributed by atoms with E-state index in [1.54, 1.807) is 14.2 Å². The highest BCUT2D eigenvalue weighted by atomic mass is 16.5. The van der Waals surface area contributed by atoms with Crippen LogP contribution in [-0.2, 0) is 6.54 Å². The van der Waals surface area contributed by atoms with Crippen molar-refractivity contribution in [2.45, 2.75) is 25.9 Å². The molecule has 2 aromatic rings. The molecule has 1 N–H and O–H groups in total. The lowest BCUT2D eigenvalue weighted by Gasteiger charge is -2.19. The Labute approximate surface area is 125 Å². The van der Waals surface area contributed by atoms with Gasteiger partial charge in [-0.2, -0.15) is 5.10 Å². The van der Waals surface area contributed by atoms with E-state index >= 15 is 0 Å². The Morgan fingerprint density at radius 3 is 2.71 bits per heavy atom. The lowest BCUT2D eigenvalue weighted by Crippen LogP contribution is -2.18. The Morgan fingerprint density at radius 2 is 2.10 bits per heavy atom. The molecule has 5 heteroatoms. The van der Waals surface area contributed by atoms with Gasteiger partial charge in [0.2, 0.25) is 0 Å². The number of nitrogens with one attached hydrogen (secondary N) is 1. The van der Waals surface area contributed by atoms with Crippen molar-refractivity contribution in [1.29, 1.82) is 0 Å². The minimum atomic E-state index is 0.0145. The van der Waals surface area contributed by atoms with Gasteiger partial charge in [0.15, 0.2) is 11.5 Å². The van der Waals surface area contributed by atoms with E-state index in [2.05, 4.69) is 23.5 Å². The summed E-state index contributed by atoms with van der Waals surface area (Å²) in [5.74, 6) is 1.48. The van der Waals surface area contributed by atoms with Crippen LogP contribution in [0, 0.1) is 0 Å². The number of aryl methyl sites for hydroxylation is 1. The van der Waals surface area contributed by atoms with Crippen molar-refractivity contribution < 1.29 is 9.47 Å². The monoisotopic (exact) mass is 289 g/mol. The third kappa shape index (κ3) is 3.19. The van der Waals surface area contributed by atoms with Crippen molar-refractivity contribution in [2.75, 3.05) is 21.3 Å². The third-order valence-electron chi connectivity index (χ3n) is 3.47. The number of ether oxygens (including phenoxy) is 2. The van der Waals surface area contributed by atoms with Crippen LogP contribution in [0.25, 0.3) is 0 Å². The summed E-state index contributed by atoms with van der Waals surface area (Å²) in [5, 5.41) is 7.73. The Hall–Kier alpha value is -2.01. The van der Waals surface area contributed by atoms with Crippen LogP contribution in [0.5, 0.6) is 11.5 Å². The summed E-state index contributed by atoms with van der Waals surface area (Å²) in [7, 11) is 5.24. The number of hydrogen-bond donors (Lipinski definition) is 1. The standard InChI is InChI=1S/C16H23N3O2/c1-5-9-19-11-12(10-18-19)15(17-2)13-7-6-8-14(20-3)16(13)21-4/h6-8,10-11,15,17H,5,9H2,1-4H3. The maximum atomic E-state index is 5.53. The molecular formula is C16H23N3O2. The minimum absolute atomic E-state index is 0.0145. The fourth-order valence-corrected chi connectivity index (χ4v) is 2.52. The van der Waals surface area contributed by atoms with Crippen molar-refractivity contribution >= 4 is 0 Å². The minimum Gasteiger partial charge on any atom is -0.493 e. The topological polar surface area (TPSA) is 48.3 Å². The van der Waals surface area contributed by atoms with Crippen LogP contribution in [0.15, 0.2) is 30.6 Å². The molecule has 0 aliphatic carbocycles. The van der Waals surface area contributed by atoms with E-state index in [0.29, 0.717) is 0 Å². The van der Waals surface area contributed by atoms with E-state index in [-0.39, 0.29) is 6.04 Å². The molecule has 114 valence electrons. The van der Waals surface area contributed by atoms with Crippen molar-refractivity contribution in [1.82, 2.24) is 15.1 Å². The first-order chi connectivity index (χ1) is 10.2. The SMILES string of the molecule is CCCn1cc(C(NC)c2cccc(OC)c2OC)cn1. The zero-order valence-corrected chi connectivity index (χ0v) is 13.1. The first-order valence-corrected chi connectivity index (χ1v) is 7.15. The fraction of sp³-hybridized carbons (Fsp3) is 0.438. The lowest BCUT2D eigenvalue weighted by atomic mass is 10.0. The fourth-order valence-electron chi connectivity index (χ4n) is 2.52. The molecule has 1 heterocycles. The van der Waals surface area contributed by atoms with Crippen LogP contribution in [0.3, 0.4) is 0 Å². The molecule has 0 radical (unpaired) electrons. The van der Waals surface area contributed by atoms with E-state index in [1.165, 1.54) is 0 Å². The zero-order chi connectivity index (χ0) is 15.2. The highest BCUT2D eigenvalue weighted by Gasteiger charge is 2.20. The van der Waals surface area contributed by atoms with E-state index in [1.807, 2.05) is 36.1 Å². The molecule has 0 saturated heterocycles. The Bertz CT molecular complexity index is 581. The van der Waals surface area contributed by atoms with Gasteiger partial charge in [-0.15, -0.1) is 0 Å². The Balaban J connectivity index is 2.40. The van der Waals surface area contributed by atoms with Gasteiger partial charge < -0.3 is 14.8 Å². The molecule has 0 amide bonds. The average molecular weight is 289 g/mol. The maximum Gasteiger partial charge on any atom is 0.165 e. The normalized spacial score (nSPS) is 12.2. The van der Waals surface area contributed by atoms with Gasteiger partial charge in [-0.1, -0.05) is 19.1 Å². The van der Waals surface area contributed by atoms with Crippen molar-refractivity contribution in [3.63, 3.8) is 0 Å². The molecule has 1 atom stereocenters. The van der Waals surface area contributed by atoms with E-state index in [4.69, 9.17) is 9.47 Å². The van der Waals surface area contributed by atoms with Crippen LogP contribution < -0.4 is 14.8 Å². The van der Waals surface area contributed by atoms with Crippen LogP contribution in [-0.4, -0.2) is 31.0 Å². The molecule has 2 rings (SSSR count). The molecule has 0 saturated carbocycles. The molecule has 0 bridgehead atoms. The first kappa shape index (κ1) is 15.4. The molecule has 1 aromatic heterocycles. The molecule has 0 aliphatic rings. The number of aromatic nitrogens is 2. The van der Waals surface area contributed by atoms with Crippen molar-refractivity contribution in [3.8, 4) is 11.5 Å². The summed E-state index contributed by atoms with van der Waals surface area (Å²) in [5.41, 5.74) is 2.15. The van der Waals surface area contributed by atoms with Gasteiger partial charge in [-0.3, -0.25) is 4.68 Å². The van der Waals surface area contributed by atoms with E-state index < -0.39 is 0 Å². The Morgan fingerprint density at radius 1 is 1.29 bits per heavy atom. The molecule has 0 spiro atoms. The smallest absolute Gasteiger partial charge is 0.165 e. The van der Waals surface area contributed by atoms with Crippen LogP contribution in [0.2, 0.25) is 0 Å². The lowest BCUT2D eigenvalue weighted by molar-refractivity contribution is 0.349. The van der Waals surface area contributed by atoms with Crippen LogP contribution in [0.1, 0.15) is 30.5 Å². The first-order valence-electron chi connectivity index (χ1n) is 7.15. The van der Waals surface area contributed by atoms with Gasteiger partial charge in [0.05, 0.1) is 26.5 Å². The van der Waals surface area contributed by atoms with Gasteiger partial charge in [-0.25, -0.2) is 0 Å². The highest BCUT2D eigenvalue weighted by Crippen LogP contribution is 2.36. The number of para-hydroxylation sites is 1. The second kappa shape index (κ2) is 7.13. The van der Waals surface area contributed by atoms with Gasteiger partial charge in [0, 0.05) is 23.9 Å². The van der Waals surface area contributed by atoms with Crippen LogP contribution in [0.4, 0.5) is 0 Å². The second-order valence-corrected chi connectivity index (χ2v) is 4.84. The zero-order valence-electron chi connectivity index (χ0n) is 13.1.